The minimum absolute atomic E-state index is 0.0914. The molecule has 3 rings (SSSR count). The molecule has 2 amide bonds. The maximum absolute atomic E-state index is 13.0. The van der Waals surface area contributed by atoms with Crippen LogP contribution in [0.15, 0.2) is 24.3 Å². The van der Waals surface area contributed by atoms with Crippen molar-refractivity contribution in [3.63, 3.8) is 0 Å². The van der Waals surface area contributed by atoms with Crippen LogP contribution in [-0.4, -0.2) is 68.1 Å². The Morgan fingerprint density at radius 2 is 1.86 bits per heavy atom. The lowest BCUT2D eigenvalue weighted by Gasteiger charge is -2.36. The number of halogens is 1. The summed E-state index contributed by atoms with van der Waals surface area (Å²) in [5.41, 5.74) is 0.603. The van der Waals surface area contributed by atoms with E-state index in [1.165, 1.54) is 12.1 Å². The standard InChI is InChI=1S/C22H32FN3O3/c1-29-15-14-26-11-3-2-4-20(22(26)28)17-9-12-25(13-10-17)16-21(27)24-19-7-5-18(23)6-8-19/h5-8,17,20H,2-4,9-16H2,1H3,(H,24,27)/t20-/m1/s1. The summed E-state index contributed by atoms with van der Waals surface area (Å²) in [5, 5.41) is 2.81. The Morgan fingerprint density at radius 1 is 1.14 bits per heavy atom. The van der Waals surface area contributed by atoms with Gasteiger partial charge in [-0.2, -0.15) is 0 Å². The Bertz CT molecular complexity index is 674. The summed E-state index contributed by atoms with van der Waals surface area (Å²) >= 11 is 0. The van der Waals surface area contributed by atoms with Crippen molar-refractivity contribution in [2.45, 2.75) is 32.1 Å². The quantitative estimate of drug-likeness (QED) is 0.758. The molecule has 2 saturated heterocycles. The molecule has 2 aliphatic rings. The highest BCUT2D eigenvalue weighted by Gasteiger charge is 2.35. The number of nitrogens with zero attached hydrogens (tertiary/aromatic N) is 2. The molecule has 2 fully saturated rings. The van der Waals surface area contributed by atoms with E-state index in [2.05, 4.69) is 10.2 Å². The van der Waals surface area contributed by atoms with Crippen molar-refractivity contribution in [1.29, 1.82) is 0 Å². The molecular weight excluding hydrogens is 373 g/mol. The van der Waals surface area contributed by atoms with E-state index in [9.17, 15) is 14.0 Å². The Balaban J connectivity index is 1.47. The zero-order valence-corrected chi connectivity index (χ0v) is 17.2. The second-order valence-electron chi connectivity index (χ2n) is 8.09. The first-order chi connectivity index (χ1) is 14.1. The van der Waals surface area contributed by atoms with Gasteiger partial charge in [0.1, 0.15) is 5.82 Å². The lowest BCUT2D eigenvalue weighted by Crippen LogP contribution is -2.44. The van der Waals surface area contributed by atoms with E-state index in [0.29, 0.717) is 31.3 Å². The number of ether oxygens (including phenoxy) is 1. The molecule has 0 bridgehead atoms. The molecule has 1 N–H and O–H groups in total. The van der Waals surface area contributed by atoms with Gasteiger partial charge in [-0.1, -0.05) is 6.42 Å². The van der Waals surface area contributed by atoms with Crippen molar-refractivity contribution >= 4 is 17.5 Å². The van der Waals surface area contributed by atoms with Gasteiger partial charge in [-0.15, -0.1) is 0 Å². The Morgan fingerprint density at radius 3 is 2.55 bits per heavy atom. The highest BCUT2D eigenvalue weighted by molar-refractivity contribution is 5.92. The van der Waals surface area contributed by atoms with E-state index in [1.807, 2.05) is 4.90 Å². The third kappa shape index (κ3) is 6.24. The van der Waals surface area contributed by atoms with Crippen LogP contribution in [0, 0.1) is 17.7 Å². The highest BCUT2D eigenvalue weighted by atomic mass is 19.1. The van der Waals surface area contributed by atoms with Gasteiger partial charge in [0.2, 0.25) is 11.8 Å². The number of carbonyl (C=O) groups excluding carboxylic acids is 2. The summed E-state index contributed by atoms with van der Waals surface area (Å²) in [6.07, 6.45) is 5.02. The van der Waals surface area contributed by atoms with Crippen molar-refractivity contribution < 1.29 is 18.7 Å². The maximum Gasteiger partial charge on any atom is 0.238 e. The summed E-state index contributed by atoms with van der Waals surface area (Å²) in [4.78, 5) is 29.4. The minimum Gasteiger partial charge on any atom is -0.383 e. The molecule has 6 nitrogen and oxygen atoms in total. The van der Waals surface area contributed by atoms with Crippen LogP contribution in [-0.2, 0) is 14.3 Å². The highest BCUT2D eigenvalue weighted by Crippen LogP contribution is 2.32. The number of hydrogen-bond acceptors (Lipinski definition) is 4. The summed E-state index contributed by atoms with van der Waals surface area (Å²) < 4.78 is 18.1. The van der Waals surface area contributed by atoms with Crippen LogP contribution >= 0.6 is 0 Å². The summed E-state index contributed by atoms with van der Waals surface area (Å²) in [6, 6.07) is 5.79. The molecular formula is C22H32FN3O3. The van der Waals surface area contributed by atoms with E-state index in [-0.39, 0.29) is 23.5 Å². The number of rotatable bonds is 7. The van der Waals surface area contributed by atoms with Crippen molar-refractivity contribution in [1.82, 2.24) is 9.80 Å². The van der Waals surface area contributed by atoms with Gasteiger partial charge < -0.3 is 15.0 Å². The number of piperidine rings is 1. The molecule has 0 aromatic heterocycles. The zero-order valence-electron chi connectivity index (χ0n) is 17.2. The van der Waals surface area contributed by atoms with Crippen LogP contribution in [0.3, 0.4) is 0 Å². The van der Waals surface area contributed by atoms with Gasteiger partial charge in [0.15, 0.2) is 0 Å². The van der Waals surface area contributed by atoms with Crippen molar-refractivity contribution in [3.8, 4) is 0 Å². The number of carbonyl (C=O) groups is 2. The molecule has 1 atom stereocenters. The van der Waals surface area contributed by atoms with Crippen LogP contribution in [0.25, 0.3) is 0 Å². The van der Waals surface area contributed by atoms with Crippen LogP contribution in [0.5, 0.6) is 0 Å². The fourth-order valence-corrected chi connectivity index (χ4v) is 4.45. The van der Waals surface area contributed by atoms with E-state index in [0.717, 1.165) is 51.7 Å². The third-order valence-corrected chi connectivity index (χ3v) is 6.08. The SMILES string of the molecule is COCCN1CCCC[C@H](C2CCN(CC(=O)Nc3ccc(F)cc3)CC2)C1=O. The Kier molecular flexibility index (Phi) is 8.00. The zero-order chi connectivity index (χ0) is 20.6. The van der Waals surface area contributed by atoms with E-state index >= 15 is 0 Å². The first-order valence-corrected chi connectivity index (χ1v) is 10.6. The lowest BCUT2D eigenvalue weighted by molar-refractivity contribution is -0.138. The number of amides is 2. The fourth-order valence-electron chi connectivity index (χ4n) is 4.45. The van der Waals surface area contributed by atoms with Crippen LogP contribution in [0.1, 0.15) is 32.1 Å². The second-order valence-corrected chi connectivity index (χ2v) is 8.09. The monoisotopic (exact) mass is 405 g/mol. The van der Waals surface area contributed by atoms with Crippen molar-refractivity contribution in [3.05, 3.63) is 30.1 Å². The first kappa shape index (κ1) is 21.7. The predicted octanol–water partition coefficient (Wildman–Crippen LogP) is 2.75. The molecule has 1 aromatic rings. The molecule has 0 radical (unpaired) electrons. The summed E-state index contributed by atoms with van der Waals surface area (Å²) in [5.74, 6) is 0.365. The molecule has 0 spiro atoms. The number of anilines is 1. The Labute approximate surface area is 172 Å². The molecule has 1 aromatic carbocycles. The molecule has 2 aliphatic heterocycles. The van der Waals surface area contributed by atoms with Crippen LogP contribution < -0.4 is 5.32 Å². The topological polar surface area (TPSA) is 61.9 Å². The fraction of sp³-hybridized carbons (Fsp3) is 0.636. The van der Waals surface area contributed by atoms with Crippen LogP contribution in [0.2, 0.25) is 0 Å². The molecule has 0 unspecified atom stereocenters. The molecule has 29 heavy (non-hydrogen) atoms. The number of likely N-dealkylation sites (tertiary alicyclic amines) is 2. The summed E-state index contributed by atoms with van der Waals surface area (Å²) in [7, 11) is 1.67. The minimum atomic E-state index is -0.320. The van der Waals surface area contributed by atoms with Crippen LogP contribution in [0.4, 0.5) is 10.1 Å². The van der Waals surface area contributed by atoms with Crippen molar-refractivity contribution in [2.24, 2.45) is 11.8 Å². The third-order valence-electron chi connectivity index (χ3n) is 6.08. The van der Waals surface area contributed by atoms with Gasteiger partial charge in [-0.05, 0) is 69.0 Å². The van der Waals surface area contributed by atoms with Crippen molar-refractivity contribution in [2.75, 3.05) is 51.8 Å². The number of nitrogens with one attached hydrogen (secondary N) is 1. The average Bonchev–Trinajstić information content (AvgIpc) is 2.90. The Hall–Kier alpha value is -1.99. The molecule has 2 heterocycles. The molecule has 160 valence electrons. The van der Waals surface area contributed by atoms with Gasteiger partial charge in [-0.25, -0.2) is 4.39 Å². The number of benzene rings is 1. The molecule has 0 aliphatic carbocycles. The molecule has 7 heteroatoms. The molecule has 0 saturated carbocycles. The van der Waals surface area contributed by atoms with Gasteiger partial charge in [0.05, 0.1) is 13.2 Å². The second kappa shape index (κ2) is 10.7. The van der Waals surface area contributed by atoms with Gasteiger partial charge in [0.25, 0.3) is 0 Å². The normalized spacial score (nSPS) is 21.8. The van der Waals surface area contributed by atoms with Gasteiger partial charge in [-0.3, -0.25) is 14.5 Å². The lowest BCUT2D eigenvalue weighted by atomic mass is 9.81. The van der Waals surface area contributed by atoms with Gasteiger partial charge >= 0.3 is 0 Å². The summed E-state index contributed by atoms with van der Waals surface area (Å²) in [6.45, 7) is 4.06. The predicted molar refractivity (Wildman–Crippen MR) is 110 cm³/mol. The first-order valence-electron chi connectivity index (χ1n) is 10.6. The van der Waals surface area contributed by atoms with Gasteiger partial charge in [0, 0.05) is 31.8 Å². The maximum atomic E-state index is 13.0. The number of methoxy groups -OCH3 is 1. The number of hydrogen-bond donors (Lipinski definition) is 1. The van der Waals surface area contributed by atoms with E-state index < -0.39 is 0 Å². The van der Waals surface area contributed by atoms with E-state index in [4.69, 9.17) is 4.74 Å². The average molecular weight is 406 g/mol. The largest absolute Gasteiger partial charge is 0.383 e. The smallest absolute Gasteiger partial charge is 0.238 e. The van der Waals surface area contributed by atoms with E-state index in [1.54, 1.807) is 19.2 Å².